The van der Waals surface area contributed by atoms with E-state index >= 15 is 0 Å². The molecule has 0 fully saturated rings. The van der Waals surface area contributed by atoms with Crippen molar-refractivity contribution in [3.63, 3.8) is 0 Å². The third-order valence-electron chi connectivity index (χ3n) is 7.56. The lowest BCUT2D eigenvalue weighted by atomic mass is 9.74. The van der Waals surface area contributed by atoms with Crippen LogP contribution in [-0.4, -0.2) is 4.98 Å². The molecule has 0 saturated heterocycles. The normalized spacial score (nSPS) is 15.0. The van der Waals surface area contributed by atoms with E-state index in [9.17, 15) is 0 Å². The fraction of sp³-hybridized carbons (Fsp3) is 0.0278. The Balaban J connectivity index is 1.43. The van der Waals surface area contributed by atoms with Gasteiger partial charge in [-0.25, -0.2) is 0 Å². The smallest absolute Gasteiger partial charge is 0.0352 e. The summed E-state index contributed by atoms with van der Waals surface area (Å²) >= 11 is 0. The van der Waals surface area contributed by atoms with E-state index in [-0.39, 0.29) is 5.92 Å². The molecule has 1 nitrogen and oxygen atoms in total. The van der Waals surface area contributed by atoms with Gasteiger partial charge in [0.05, 0.1) is 0 Å². The molecule has 37 heavy (non-hydrogen) atoms. The fourth-order valence-corrected chi connectivity index (χ4v) is 5.75. The Morgan fingerprint density at radius 3 is 2.16 bits per heavy atom. The minimum Gasteiger partial charge on any atom is -0.263 e. The molecule has 5 aromatic carbocycles. The third kappa shape index (κ3) is 3.59. The summed E-state index contributed by atoms with van der Waals surface area (Å²) in [7, 11) is 0. The van der Waals surface area contributed by atoms with Crippen LogP contribution in [0.25, 0.3) is 43.8 Å². The van der Waals surface area contributed by atoms with Gasteiger partial charge in [0.15, 0.2) is 0 Å². The van der Waals surface area contributed by atoms with Gasteiger partial charge < -0.3 is 0 Å². The summed E-state index contributed by atoms with van der Waals surface area (Å²) in [5.41, 5.74) is 9.70. The summed E-state index contributed by atoms with van der Waals surface area (Å²) in [5, 5.41) is 4.89. The van der Waals surface area contributed by atoms with Crippen molar-refractivity contribution in [1.82, 2.24) is 4.98 Å². The molecular formula is C36H25N. The first-order chi connectivity index (χ1) is 18.3. The van der Waals surface area contributed by atoms with E-state index in [1.807, 2.05) is 12.4 Å². The van der Waals surface area contributed by atoms with Crippen molar-refractivity contribution in [3.05, 3.63) is 163 Å². The number of hydrogen-bond acceptors (Lipinski definition) is 1. The highest BCUT2D eigenvalue weighted by atomic mass is 14.6. The molecule has 7 rings (SSSR count). The molecule has 1 heteroatoms. The molecule has 174 valence electrons. The van der Waals surface area contributed by atoms with Gasteiger partial charge >= 0.3 is 0 Å². The van der Waals surface area contributed by atoms with Crippen molar-refractivity contribution in [1.29, 1.82) is 0 Å². The SMILES string of the molecule is C=C1c2ccc3ccccc3c2C(c2ccccc2)=CC1c1cccc(-c2cncc3ccccc23)c1. The van der Waals surface area contributed by atoms with E-state index in [1.54, 1.807) is 0 Å². The molecule has 0 bridgehead atoms. The standard InChI is InChI=1S/C36H25N/c1-24-30-19-18-26-12-5-8-17-32(26)36(30)34(25-10-3-2-4-11-25)21-33(24)27-14-9-15-28(20-27)35-23-37-22-29-13-6-7-16-31(29)35/h2-23,33H,1H2. The molecule has 1 aliphatic carbocycles. The van der Waals surface area contributed by atoms with Gasteiger partial charge in [0.2, 0.25) is 0 Å². The molecule has 1 atom stereocenters. The second-order valence-corrected chi connectivity index (χ2v) is 9.69. The lowest BCUT2D eigenvalue weighted by molar-refractivity contribution is 1.09. The average Bonchev–Trinajstić information content (AvgIpc) is 2.97. The number of hydrogen-bond donors (Lipinski definition) is 0. The van der Waals surface area contributed by atoms with E-state index < -0.39 is 0 Å². The fourth-order valence-electron chi connectivity index (χ4n) is 5.75. The average molecular weight is 472 g/mol. The zero-order chi connectivity index (χ0) is 24.8. The molecule has 1 heterocycles. The first-order valence-corrected chi connectivity index (χ1v) is 12.7. The number of aromatic nitrogens is 1. The zero-order valence-corrected chi connectivity index (χ0v) is 20.4. The van der Waals surface area contributed by atoms with Crippen LogP contribution < -0.4 is 0 Å². The zero-order valence-electron chi connectivity index (χ0n) is 20.4. The van der Waals surface area contributed by atoms with Gasteiger partial charge in [0, 0.05) is 29.3 Å². The largest absolute Gasteiger partial charge is 0.263 e. The first kappa shape index (κ1) is 21.5. The van der Waals surface area contributed by atoms with Crippen LogP contribution in [0.1, 0.15) is 28.2 Å². The number of benzene rings is 5. The van der Waals surface area contributed by atoms with Crippen LogP contribution in [0.5, 0.6) is 0 Å². The second-order valence-electron chi connectivity index (χ2n) is 9.69. The van der Waals surface area contributed by atoms with Crippen LogP contribution in [0.3, 0.4) is 0 Å². The minimum atomic E-state index is 0.0757. The van der Waals surface area contributed by atoms with Crippen molar-refractivity contribution in [3.8, 4) is 11.1 Å². The highest BCUT2D eigenvalue weighted by Gasteiger charge is 2.27. The Morgan fingerprint density at radius 2 is 1.30 bits per heavy atom. The van der Waals surface area contributed by atoms with Crippen LogP contribution in [0.4, 0.5) is 0 Å². The summed E-state index contributed by atoms with van der Waals surface area (Å²) in [6.45, 7) is 4.64. The number of rotatable bonds is 3. The third-order valence-corrected chi connectivity index (χ3v) is 7.56. The maximum Gasteiger partial charge on any atom is 0.0352 e. The summed E-state index contributed by atoms with van der Waals surface area (Å²) in [6.07, 6.45) is 6.32. The van der Waals surface area contributed by atoms with E-state index in [4.69, 9.17) is 0 Å². The van der Waals surface area contributed by atoms with E-state index in [1.165, 1.54) is 49.5 Å². The number of allylic oxidation sites excluding steroid dienone is 2. The molecule has 0 saturated carbocycles. The maximum absolute atomic E-state index is 4.64. The van der Waals surface area contributed by atoms with Crippen LogP contribution in [0.2, 0.25) is 0 Å². The van der Waals surface area contributed by atoms with Gasteiger partial charge in [-0.1, -0.05) is 128 Å². The second kappa shape index (κ2) is 8.72. The molecule has 0 N–H and O–H groups in total. The van der Waals surface area contributed by atoms with E-state index in [2.05, 4.69) is 133 Å². The van der Waals surface area contributed by atoms with Crippen molar-refractivity contribution in [2.45, 2.75) is 5.92 Å². The first-order valence-electron chi connectivity index (χ1n) is 12.7. The van der Waals surface area contributed by atoms with Gasteiger partial charge in [-0.15, -0.1) is 0 Å². The highest BCUT2D eigenvalue weighted by molar-refractivity contribution is 6.05. The summed E-state index contributed by atoms with van der Waals surface area (Å²) in [4.78, 5) is 4.53. The lowest BCUT2D eigenvalue weighted by Crippen LogP contribution is -2.09. The van der Waals surface area contributed by atoms with Gasteiger partial charge in [-0.05, 0) is 55.1 Å². The molecule has 1 unspecified atom stereocenters. The monoisotopic (exact) mass is 471 g/mol. The van der Waals surface area contributed by atoms with Gasteiger partial charge in [-0.3, -0.25) is 4.98 Å². The minimum absolute atomic E-state index is 0.0757. The Morgan fingerprint density at radius 1 is 0.568 bits per heavy atom. The summed E-state index contributed by atoms with van der Waals surface area (Å²) in [5.74, 6) is 0.0757. The number of fused-ring (bicyclic) bond motifs is 4. The van der Waals surface area contributed by atoms with Crippen molar-refractivity contribution in [2.24, 2.45) is 0 Å². The Bertz CT molecular complexity index is 1840. The Kier molecular flexibility index (Phi) is 5.08. The van der Waals surface area contributed by atoms with Crippen LogP contribution in [-0.2, 0) is 0 Å². The molecule has 1 aliphatic rings. The number of nitrogens with zero attached hydrogens (tertiary/aromatic N) is 1. The van der Waals surface area contributed by atoms with Crippen LogP contribution in [0, 0.1) is 0 Å². The van der Waals surface area contributed by atoms with E-state index in [0.717, 1.165) is 16.5 Å². The van der Waals surface area contributed by atoms with Gasteiger partial charge in [0.1, 0.15) is 0 Å². The Hall–Kier alpha value is -4.75. The quantitative estimate of drug-likeness (QED) is 0.251. The topological polar surface area (TPSA) is 12.9 Å². The molecule has 1 aromatic heterocycles. The predicted molar refractivity (Wildman–Crippen MR) is 156 cm³/mol. The predicted octanol–water partition coefficient (Wildman–Crippen LogP) is 9.30. The lowest BCUT2D eigenvalue weighted by Gasteiger charge is -2.29. The molecule has 0 spiro atoms. The molecule has 0 aliphatic heterocycles. The van der Waals surface area contributed by atoms with E-state index in [0.29, 0.717) is 0 Å². The maximum atomic E-state index is 4.64. The molecule has 0 amide bonds. The summed E-state index contributed by atoms with van der Waals surface area (Å²) < 4.78 is 0. The molecular weight excluding hydrogens is 446 g/mol. The van der Waals surface area contributed by atoms with Crippen LogP contribution >= 0.6 is 0 Å². The van der Waals surface area contributed by atoms with Gasteiger partial charge in [-0.2, -0.15) is 0 Å². The van der Waals surface area contributed by atoms with Crippen LogP contribution in [0.15, 0.2) is 140 Å². The Labute approximate surface area is 217 Å². The molecule has 0 radical (unpaired) electrons. The van der Waals surface area contributed by atoms with Gasteiger partial charge in [0.25, 0.3) is 0 Å². The van der Waals surface area contributed by atoms with Crippen molar-refractivity contribution < 1.29 is 0 Å². The van der Waals surface area contributed by atoms with Crippen molar-refractivity contribution >= 4 is 32.7 Å². The summed E-state index contributed by atoms with van der Waals surface area (Å²) in [6, 6.07) is 41.2. The highest BCUT2D eigenvalue weighted by Crippen LogP contribution is 2.47. The molecule has 6 aromatic rings. The van der Waals surface area contributed by atoms with Crippen molar-refractivity contribution in [2.75, 3.05) is 0 Å². The number of pyridine rings is 1.